The largest absolute Gasteiger partial charge is 0.550 e. The van der Waals surface area contributed by atoms with Gasteiger partial charge in [0.25, 0.3) is 0 Å². The SMILES string of the molecule is O=C([O-])CCC/C=C\C/C=C\C/C=C\C/C=C\CCCCCO[C@@H]1O[C@H](C(=O)[O-])[C@@H](O)[C@H](O)[C@H]1O. The van der Waals surface area contributed by atoms with E-state index in [1.54, 1.807) is 0 Å². The van der Waals surface area contributed by atoms with Crippen molar-refractivity contribution < 1.29 is 44.6 Å². The summed E-state index contributed by atoms with van der Waals surface area (Å²) in [4.78, 5) is 21.2. The molecule has 9 heteroatoms. The number of hydrogen-bond acceptors (Lipinski definition) is 9. The summed E-state index contributed by atoms with van der Waals surface area (Å²) in [6, 6.07) is 0. The summed E-state index contributed by atoms with van der Waals surface area (Å²) >= 11 is 0. The van der Waals surface area contributed by atoms with E-state index in [2.05, 4.69) is 36.5 Å². The van der Waals surface area contributed by atoms with Crippen LogP contribution in [0.15, 0.2) is 48.6 Å². The third-order valence-electron chi connectivity index (χ3n) is 5.33. The molecule has 0 aromatic rings. The van der Waals surface area contributed by atoms with Crippen LogP contribution in [0, 0.1) is 0 Å². The molecule has 0 spiro atoms. The molecule has 3 N–H and O–H groups in total. The van der Waals surface area contributed by atoms with Crippen LogP contribution in [-0.2, 0) is 19.1 Å². The van der Waals surface area contributed by atoms with Crippen molar-refractivity contribution in [2.24, 2.45) is 0 Å². The number of hydrogen-bond donors (Lipinski definition) is 3. The van der Waals surface area contributed by atoms with Crippen molar-refractivity contribution in [3.63, 3.8) is 0 Å². The maximum atomic E-state index is 11.0. The van der Waals surface area contributed by atoms with Gasteiger partial charge >= 0.3 is 0 Å². The van der Waals surface area contributed by atoms with E-state index in [0.717, 1.165) is 44.9 Å². The topological polar surface area (TPSA) is 159 Å². The number of rotatable bonds is 18. The first-order chi connectivity index (χ1) is 16.8. The highest BCUT2D eigenvalue weighted by molar-refractivity contribution is 5.71. The zero-order valence-corrected chi connectivity index (χ0v) is 20.1. The van der Waals surface area contributed by atoms with E-state index in [1.165, 1.54) is 0 Å². The highest BCUT2D eigenvalue weighted by Crippen LogP contribution is 2.22. The first-order valence-electron chi connectivity index (χ1n) is 12.2. The summed E-state index contributed by atoms with van der Waals surface area (Å²) in [5.74, 6) is -2.68. The predicted molar refractivity (Wildman–Crippen MR) is 125 cm³/mol. The lowest BCUT2D eigenvalue weighted by molar-refractivity contribution is -0.349. The fourth-order valence-corrected chi connectivity index (χ4v) is 3.33. The predicted octanol–water partition coefficient (Wildman–Crippen LogP) is 0.436. The molecular weight excluding hydrogens is 456 g/mol. The minimum atomic E-state index is -1.78. The molecule has 0 aromatic carbocycles. The Bertz CT molecular complexity index is 714. The number of allylic oxidation sites excluding steroid dienone is 8. The molecule has 0 saturated carbocycles. The average molecular weight is 495 g/mol. The summed E-state index contributed by atoms with van der Waals surface area (Å²) in [5.41, 5.74) is 0. The summed E-state index contributed by atoms with van der Waals surface area (Å²) in [7, 11) is 0. The normalized spacial score (nSPS) is 25.4. The fraction of sp³-hybridized carbons (Fsp3) is 0.615. The van der Waals surface area contributed by atoms with Crippen LogP contribution in [0.4, 0.5) is 0 Å². The van der Waals surface area contributed by atoms with Gasteiger partial charge in [-0.1, -0.05) is 55.0 Å². The lowest BCUT2D eigenvalue weighted by Crippen LogP contribution is -2.62. The molecule has 1 saturated heterocycles. The summed E-state index contributed by atoms with van der Waals surface area (Å²) < 4.78 is 10.3. The molecule has 1 aliphatic rings. The van der Waals surface area contributed by atoms with Crippen molar-refractivity contribution >= 4 is 11.9 Å². The van der Waals surface area contributed by atoms with Gasteiger partial charge in [0.1, 0.15) is 24.4 Å². The van der Waals surface area contributed by atoms with E-state index in [4.69, 9.17) is 9.47 Å². The maximum absolute atomic E-state index is 11.0. The van der Waals surface area contributed by atoms with E-state index >= 15 is 0 Å². The monoisotopic (exact) mass is 494 g/mol. The van der Waals surface area contributed by atoms with Crippen molar-refractivity contribution in [1.82, 2.24) is 0 Å². The Hall–Kier alpha value is -2.30. The molecule has 0 bridgehead atoms. The Labute approximate surface area is 207 Å². The van der Waals surface area contributed by atoms with Crippen LogP contribution in [-0.4, -0.2) is 64.6 Å². The molecule has 0 radical (unpaired) electrons. The summed E-state index contributed by atoms with van der Waals surface area (Å²) in [6.07, 6.45) is 16.0. The van der Waals surface area contributed by atoms with Gasteiger partial charge in [-0.15, -0.1) is 0 Å². The molecule has 1 rings (SSSR count). The number of aliphatic hydroxyl groups excluding tert-OH is 3. The van der Waals surface area contributed by atoms with Crippen LogP contribution in [0.3, 0.4) is 0 Å². The Balaban J connectivity index is 2.01. The lowest BCUT2D eigenvalue weighted by atomic mass is 9.99. The minimum Gasteiger partial charge on any atom is -0.550 e. The van der Waals surface area contributed by atoms with Gasteiger partial charge in [-0.05, 0) is 57.8 Å². The van der Waals surface area contributed by atoms with Crippen LogP contribution in [0.25, 0.3) is 0 Å². The third-order valence-corrected chi connectivity index (χ3v) is 5.33. The molecule has 0 unspecified atom stereocenters. The van der Waals surface area contributed by atoms with Gasteiger partial charge in [0.2, 0.25) is 0 Å². The van der Waals surface area contributed by atoms with Gasteiger partial charge in [0, 0.05) is 12.6 Å². The quantitative estimate of drug-likeness (QED) is 0.181. The van der Waals surface area contributed by atoms with Crippen LogP contribution in [0.1, 0.15) is 64.2 Å². The number of aliphatic carboxylic acids is 2. The number of carboxylic acids is 2. The second kappa shape index (κ2) is 19.0. The highest BCUT2D eigenvalue weighted by atomic mass is 16.7. The van der Waals surface area contributed by atoms with Gasteiger partial charge in [-0.3, -0.25) is 0 Å². The molecule has 9 nitrogen and oxygen atoms in total. The number of carboxylic acid groups (broad SMARTS) is 2. The Morgan fingerprint density at radius 3 is 1.80 bits per heavy atom. The fourth-order valence-electron chi connectivity index (χ4n) is 3.33. The smallest absolute Gasteiger partial charge is 0.186 e. The van der Waals surface area contributed by atoms with E-state index in [9.17, 15) is 35.1 Å². The lowest BCUT2D eigenvalue weighted by Gasteiger charge is -2.40. The third kappa shape index (κ3) is 14.0. The molecule has 1 aliphatic heterocycles. The molecular formula is C26H38O9-2. The van der Waals surface area contributed by atoms with Crippen LogP contribution in [0.2, 0.25) is 0 Å². The van der Waals surface area contributed by atoms with Gasteiger partial charge in [-0.25, -0.2) is 0 Å². The van der Waals surface area contributed by atoms with Crippen molar-refractivity contribution in [2.75, 3.05) is 6.61 Å². The van der Waals surface area contributed by atoms with Crippen LogP contribution >= 0.6 is 0 Å². The van der Waals surface area contributed by atoms with E-state index in [1.807, 2.05) is 12.2 Å². The number of carbonyl (C=O) groups is 2. The van der Waals surface area contributed by atoms with Crippen molar-refractivity contribution in [3.05, 3.63) is 48.6 Å². The average Bonchev–Trinajstić information content (AvgIpc) is 2.82. The van der Waals surface area contributed by atoms with E-state index in [0.29, 0.717) is 12.8 Å². The van der Waals surface area contributed by atoms with Gasteiger partial charge < -0.3 is 44.6 Å². The Morgan fingerprint density at radius 1 is 0.714 bits per heavy atom. The second-order valence-corrected chi connectivity index (χ2v) is 8.29. The first kappa shape index (κ1) is 30.7. The van der Waals surface area contributed by atoms with Crippen LogP contribution < -0.4 is 10.2 Å². The zero-order valence-electron chi connectivity index (χ0n) is 20.1. The molecule has 5 atom stereocenters. The van der Waals surface area contributed by atoms with Crippen LogP contribution in [0.5, 0.6) is 0 Å². The van der Waals surface area contributed by atoms with Gasteiger partial charge in [0.15, 0.2) is 6.29 Å². The second-order valence-electron chi connectivity index (χ2n) is 8.29. The minimum absolute atomic E-state index is 0.103. The molecule has 1 fully saturated rings. The molecule has 35 heavy (non-hydrogen) atoms. The Kier molecular flexibility index (Phi) is 16.6. The standard InChI is InChI=1S/C26H40O9/c27-20(28)18-16-14-12-10-8-6-4-2-1-3-5-7-9-11-13-15-17-19-34-26-23(31)21(29)22(30)24(35-26)25(32)33/h1,3-4,6-7,9-10,12,21-24,26,29-31H,2,5,8,11,13-19H2,(H,27,28)(H,32,33)/p-2/b3-1-,6-4-,9-7-,12-10-/t21-,22-,23+,24-,26+/m0/s1. The molecule has 0 amide bonds. The molecule has 1 heterocycles. The molecule has 198 valence electrons. The number of aliphatic hydroxyl groups is 3. The zero-order chi connectivity index (χ0) is 25.9. The van der Waals surface area contributed by atoms with Gasteiger partial charge in [-0.2, -0.15) is 0 Å². The van der Waals surface area contributed by atoms with E-state index < -0.39 is 42.6 Å². The summed E-state index contributed by atoms with van der Waals surface area (Å²) in [6.45, 7) is 0.225. The number of carbonyl (C=O) groups excluding carboxylic acids is 2. The maximum Gasteiger partial charge on any atom is 0.186 e. The van der Waals surface area contributed by atoms with E-state index in [-0.39, 0.29) is 13.0 Å². The van der Waals surface area contributed by atoms with Crippen molar-refractivity contribution in [3.8, 4) is 0 Å². The Morgan fingerprint density at radius 2 is 1.26 bits per heavy atom. The van der Waals surface area contributed by atoms with Crippen molar-refractivity contribution in [1.29, 1.82) is 0 Å². The number of unbranched alkanes of at least 4 members (excludes halogenated alkanes) is 4. The first-order valence-corrected chi connectivity index (χ1v) is 12.2. The number of ether oxygens (including phenoxy) is 2. The highest BCUT2D eigenvalue weighted by Gasteiger charge is 2.44. The summed E-state index contributed by atoms with van der Waals surface area (Å²) in [5, 5.41) is 50.4. The van der Waals surface area contributed by atoms with Crippen molar-refractivity contribution in [2.45, 2.75) is 94.9 Å². The molecule has 0 aromatic heterocycles. The molecule has 0 aliphatic carbocycles. The van der Waals surface area contributed by atoms with Gasteiger partial charge in [0.05, 0.1) is 5.97 Å².